The van der Waals surface area contributed by atoms with Crippen LogP contribution >= 0.6 is 11.8 Å². The molecule has 0 aliphatic rings. The highest BCUT2D eigenvalue weighted by atomic mass is 32.2. The van der Waals surface area contributed by atoms with Crippen molar-refractivity contribution in [3.8, 4) is 5.75 Å². The van der Waals surface area contributed by atoms with Gasteiger partial charge in [-0.25, -0.2) is 0 Å². The van der Waals surface area contributed by atoms with Crippen molar-refractivity contribution >= 4 is 17.7 Å². The average molecular weight is 306 g/mol. The topological polar surface area (TPSA) is 69.0 Å². The molecule has 0 radical (unpaired) electrons. The number of nitrogens with zero attached hydrogens (tertiary/aromatic N) is 3. The number of thioether (sulfide) groups is 1. The number of aromatic nitrogens is 3. The number of hydrogen-bond acceptors (Lipinski definition) is 5. The Balaban J connectivity index is 1.71. The summed E-state index contributed by atoms with van der Waals surface area (Å²) in [5.74, 6) is 2.04. The molecule has 0 spiro atoms. The van der Waals surface area contributed by atoms with E-state index in [1.54, 1.807) is 13.4 Å². The van der Waals surface area contributed by atoms with Crippen LogP contribution < -0.4 is 10.1 Å². The van der Waals surface area contributed by atoms with Crippen LogP contribution in [-0.4, -0.2) is 40.1 Å². The Morgan fingerprint density at radius 1 is 1.48 bits per heavy atom. The lowest BCUT2D eigenvalue weighted by molar-refractivity contribution is -0.118. The monoisotopic (exact) mass is 306 g/mol. The number of benzene rings is 1. The van der Waals surface area contributed by atoms with Gasteiger partial charge >= 0.3 is 0 Å². The minimum atomic E-state index is 0.00462. The van der Waals surface area contributed by atoms with Crippen LogP contribution in [0.2, 0.25) is 0 Å². The molecule has 0 aliphatic carbocycles. The van der Waals surface area contributed by atoms with Gasteiger partial charge in [-0.3, -0.25) is 4.79 Å². The minimum Gasteiger partial charge on any atom is -0.497 e. The average Bonchev–Trinajstić information content (AvgIpc) is 2.91. The lowest BCUT2D eigenvalue weighted by Gasteiger charge is -2.06. The Kier molecular flexibility index (Phi) is 5.62. The van der Waals surface area contributed by atoms with Gasteiger partial charge in [-0.05, 0) is 18.2 Å². The van der Waals surface area contributed by atoms with Crippen LogP contribution in [0.4, 0.5) is 0 Å². The van der Waals surface area contributed by atoms with E-state index in [9.17, 15) is 4.79 Å². The van der Waals surface area contributed by atoms with Crippen LogP contribution in [0.15, 0.2) is 35.5 Å². The first-order valence-corrected chi connectivity index (χ1v) is 7.54. The van der Waals surface area contributed by atoms with Crippen molar-refractivity contribution in [3.63, 3.8) is 0 Å². The highest BCUT2D eigenvalue weighted by molar-refractivity contribution is 8.00. The van der Waals surface area contributed by atoms with Gasteiger partial charge in [0.1, 0.15) is 17.9 Å². The van der Waals surface area contributed by atoms with Crippen LogP contribution in [0.5, 0.6) is 5.75 Å². The smallest absolute Gasteiger partial charge is 0.230 e. The van der Waals surface area contributed by atoms with Crippen LogP contribution in [0.3, 0.4) is 0 Å². The van der Waals surface area contributed by atoms with E-state index in [1.165, 1.54) is 11.8 Å². The molecule has 1 amide bonds. The molecule has 1 heterocycles. The third-order valence-electron chi connectivity index (χ3n) is 2.89. The van der Waals surface area contributed by atoms with Crippen molar-refractivity contribution in [2.75, 3.05) is 19.4 Å². The summed E-state index contributed by atoms with van der Waals surface area (Å²) in [6.45, 7) is 0.560. The molecular weight excluding hydrogens is 288 g/mol. The van der Waals surface area contributed by atoms with Gasteiger partial charge in [-0.2, -0.15) is 0 Å². The van der Waals surface area contributed by atoms with Gasteiger partial charge in [0.2, 0.25) is 5.91 Å². The van der Waals surface area contributed by atoms with Gasteiger partial charge in [-0.1, -0.05) is 6.07 Å². The zero-order chi connectivity index (χ0) is 15.1. The third kappa shape index (κ3) is 4.78. The second-order valence-corrected chi connectivity index (χ2v) is 5.47. The third-order valence-corrected chi connectivity index (χ3v) is 3.88. The number of ether oxygens (including phenoxy) is 1. The van der Waals surface area contributed by atoms with Crippen LogP contribution in [0.25, 0.3) is 0 Å². The molecular formula is C14H18N4O2S. The number of methoxy groups -OCH3 is 1. The van der Waals surface area contributed by atoms with E-state index < -0.39 is 0 Å². The second kappa shape index (κ2) is 7.68. The van der Waals surface area contributed by atoms with Gasteiger partial charge in [0.05, 0.1) is 12.9 Å². The van der Waals surface area contributed by atoms with Crippen molar-refractivity contribution in [2.24, 2.45) is 7.05 Å². The fourth-order valence-corrected chi connectivity index (χ4v) is 2.51. The zero-order valence-electron chi connectivity index (χ0n) is 12.1. The maximum atomic E-state index is 11.8. The molecule has 2 aromatic rings. The largest absolute Gasteiger partial charge is 0.497 e. The number of nitrogens with one attached hydrogen (secondary N) is 1. The summed E-state index contributed by atoms with van der Waals surface area (Å²) in [4.78, 5) is 12.8. The lowest BCUT2D eigenvalue weighted by Crippen LogP contribution is -2.27. The summed E-state index contributed by atoms with van der Waals surface area (Å²) >= 11 is 1.48. The van der Waals surface area contributed by atoms with E-state index in [1.807, 2.05) is 35.9 Å². The summed E-state index contributed by atoms with van der Waals surface area (Å²) in [5.41, 5.74) is 0. The molecule has 0 aliphatic heterocycles. The first-order chi connectivity index (χ1) is 10.2. The molecule has 0 fully saturated rings. The Bertz CT molecular complexity index is 600. The van der Waals surface area contributed by atoms with E-state index in [0.29, 0.717) is 18.7 Å². The number of carbonyl (C=O) groups excluding carboxylic acids is 1. The van der Waals surface area contributed by atoms with Gasteiger partial charge < -0.3 is 14.6 Å². The fraction of sp³-hybridized carbons (Fsp3) is 0.357. The number of carbonyl (C=O) groups is 1. The van der Waals surface area contributed by atoms with Gasteiger partial charge in [0, 0.05) is 24.9 Å². The van der Waals surface area contributed by atoms with Crippen molar-refractivity contribution in [1.29, 1.82) is 0 Å². The van der Waals surface area contributed by atoms with E-state index in [0.717, 1.165) is 16.5 Å². The Hall–Kier alpha value is -2.02. The Labute approximate surface area is 127 Å². The standard InChI is InChI=1S/C14H18N4O2S/c1-18-10-16-17-13(18)6-7-15-14(19)9-21-12-5-3-4-11(8-12)20-2/h3-5,8,10H,6-7,9H2,1-2H3,(H,15,19). The number of amides is 1. The first kappa shape index (κ1) is 15.4. The van der Waals surface area contributed by atoms with Gasteiger partial charge in [0.25, 0.3) is 0 Å². The second-order valence-electron chi connectivity index (χ2n) is 4.43. The van der Waals surface area contributed by atoms with E-state index >= 15 is 0 Å². The lowest BCUT2D eigenvalue weighted by atomic mass is 10.3. The predicted molar refractivity (Wildman–Crippen MR) is 81.4 cm³/mol. The normalized spacial score (nSPS) is 10.4. The highest BCUT2D eigenvalue weighted by Gasteiger charge is 2.05. The molecule has 1 N–H and O–H groups in total. The SMILES string of the molecule is COc1cccc(SCC(=O)NCCc2nncn2C)c1. The number of hydrogen-bond donors (Lipinski definition) is 1. The summed E-state index contributed by atoms with van der Waals surface area (Å²) in [7, 11) is 3.51. The minimum absolute atomic E-state index is 0.00462. The molecule has 0 saturated carbocycles. The van der Waals surface area contributed by atoms with Crippen molar-refractivity contribution < 1.29 is 9.53 Å². The van der Waals surface area contributed by atoms with Gasteiger partial charge in [0.15, 0.2) is 0 Å². The Morgan fingerprint density at radius 2 is 2.33 bits per heavy atom. The maximum absolute atomic E-state index is 11.8. The van der Waals surface area contributed by atoms with Crippen molar-refractivity contribution in [2.45, 2.75) is 11.3 Å². The van der Waals surface area contributed by atoms with Crippen molar-refractivity contribution in [3.05, 3.63) is 36.4 Å². The van der Waals surface area contributed by atoms with Gasteiger partial charge in [-0.15, -0.1) is 22.0 Å². The molecule has 0 unspecified atom stereocenters. The molecule has 0 atom stereocenters. The molecule has 1 aromatic carbocycles. The summed E-state index contributed by atoms with van der Waals surface area (Å²) in [6, 6.07) is 7.66. The molecule has 0 bridgehead atoms. The quantitative estimate of drug-likeness (QED) is 0.780. The molecule has 2 rings (SSSR count). The van der Waals surface area contributed by atoms with Crippen LogP contribution in [-0.2, 0) is 18.3 Å². The first-order valence-electron chi connectivity index (χ1n) is 6.55. The molecule has 1 aromatic heterocycles. The van der Waals surface area contributed by atoms with E-state index in [-0.39, 0.29) is 5.91 Å². The number of aryl methyl sites for hydroxylation is 1. The fourth-order valence-electron chi connectivity index (χ4n) is 1.74. The Morgan fingerprint density at radius 3 is 3.05 bits per heavy atom. The molecule has 112 valence electrons. The highest BCUT2D eigenvalue weighted by Crippen LogP contribution is 2.22. The zero-order valence-corrected chi connectivity index (χ0v) is 12.9. The number of rotatable bonds is 7. The summed E-state index contributed by atoms with van der Waals surface area (Å²) in [6.07, 6.45) is 2.32. The predicted octanol–water partition coefficient (Wildman–Crippen LogP) is 1.27. The summed E-state index contributed by atoms with van der Waals surface area (Å²) < 4.78 is 6.99. The van der Waals surface area contributed by atoms with E-state index in [4.69, 9.17) is 4.74 Å². The summed E-state index contributed by atoms with van der Waals surface area (Å²) in [5, 5.41) is 10.6. The van der Waals surface area contributed by atoms with Crippen molar-refractivity contribution in [1.82, 2.24) is 20.1 Å². The molecule has 21 heavy (non-hydrogen) atoms. The molecule has 7 heteroatoms. The van der Waals surface area contributed by atoms with Crippen LogP contribution in [0, 0.1) is 0 Å². The van der Waals surface area contributed by atoms with Crippen LogP contribution in [0.1, 0.15) is 5.82 Å². The molecule has 6 nitrogen and oxygen atoms in total. The molecule has 0 saturated heterocycles. The maximum Gasteiger partial charge on any atom is 0.230 e. The van der Waals surface area contributed by atoms with E-state index in [2.05, 4.69) is 15.5 Å².